The van der Waals surface area contributed by atoms with Gasteiger partial charge in [0, 0.05) is 47.0 Å². The molecule has 2 heterocycles. The van der Waals surface area contributed by atoms with Gasteiger partial charge in [0.2, 0.25) is 0 Å². The topological polar surface area (TPSA) is 109 Å². The molecule has 0 aliphatic rings. The molecule has 0 unspecified atom stereocenters. The van der Waals surface area contributed by atoms with Crippen LogP contribution in [0.25, 0.3) is 0 Å². The Labute approximate surface area is 205 Å². The van der Waals surface area contributed by atoms with Crippen molar-refractivity contribution in [2.75, 3.05) is 0 Å². The van der Waals surface area contributed by atoms with Gasteiger partial charge in [-0.25, -0.2) is 19.6 Å². The van der Waals surface area contributed by atoms with E-state index in [4.69, 9.17) is 0 Å². The van der Waals surface area contributed by atoms with Crippen LogP contribution in [-0.4, -0.2) is 34.2 Å². The second-order valence-corrected chi connectivity index (χ2v) is 6.91. The van der Waals surface area contributed by atoms with Gasteiger partial charge in [0.15, 0.2) is 0 Å². The number of benzene rings is 2. The van der Waals surface area contributed by atoms with Crippen LogP contribution >= 0.6 is 0 Å². The van der Waals surface area contributed by atoms with E-state index in [0.717, 1.165) is 0 Å². The second kappa shape index (κ2) is 13.6. The Morgan fingerprint density at radius 1 is 0.611 bits per heavy atom. The van der Waals surface area contributed by atoms with Crippen LogP contribution in [0.15, 0.2) is 108 Å². The van der Waals surface area contributed by atoms with E-state index in [0.29, 0.717) is 22.3 Å². The SMILES string of the molecule is O=C(N/N=C/c1ccccc1F)c1ccncc1.O=C(N/N=C/c1ccccc1F)c1ccncc1. The number of hydrazone groups is 2. The van der Waals surface area contributed by atoms with E-state index in [2.05, 4.69) is 31.0 Å². The van der Waals surface area contributed by atoms with Crippen LogP contribution in [0.2, 0.25) is 0 Å². The number of halogens is 2. The molecule has 0 bridgehead atoms. The first kappa shape index (κ1) is 25.5. The number of rotatable bonds is 6. The largest absolute Gasteiger partial charge is 0.271 e. The molecule has 0 fully saturated rings. The fraction of sp³-hybridized carbons (Fsp3) is 0. The number of pyridine rings is 2. The first-order chi connectivity index (χ1) is 17.5. The summed E-state index contributed by atoms with van der Waals surface area (Å²) in [7, 11) is 0. The van der Waals surface area contributed by atoms with Gasteiger partial charge in [0.05, 0.1) is 12.4 Å². The van der Waals surface area contributed by atoms with Crippen molar-refractivity contribution in [1.82, 2.24) is 20.8 Å². The molecule has 36 heavy (non-hydrogen) atoms. The molecule has 0 atom stereocenters. The number of nitrogens with zero attached hydrogens (tertiary/aromatic N) is 4. The van der Waals surface area contributed by atoms with Crippen molar-refractivity contribution in [3.05, 3.63) is 131 Å². The lowest BCUT2D eigenvalue weighted by Gasteiger charge is -1.99. The van der Waals surface area contributed by atoms with Crippen LogP contribution in [0.5, 0.6) is 0 Å². The normalized spacial score (nSPS) is 10.5. The Morgan fingerprint density at radius 3 is 1.33 bits per heavy atom. The lowest BCUT2D eigenvalue weighted by atomic mass is 10.2. The van der Waals surface area contributed by atoms with Crippen LogP contribution in [0.1, 0.15) is 31.8 Å². The predicted octanol–water partition coefficient (Wildman–Crippen LogP) is 3.97. The summed E-state index contributed by atoms with van der Waals surface area (Å²) in [4.78, 5) is 30.7. The maximum Gasteiger partial charge on any atom is 0.271 e. The van der Waals surface area contributed by atoms with E-state index in [1.54, 1.807) is 60.7 Å². The molecule has 10 heteroatoms. The van der Waals surface area contributed by atoms with E-state index in [-0.39, 0.29) is 23.4 Å². The number of hydrogen-bond acceptors (Lipinski definition) is 6. The third-order valence-electron chi connectivity index (χ3n) is 4.43. The lowest BCUT2D eigenvalue weighted by molar-refractivity contribution is 0.0947. The van der Waals surface area contributed by atoms with Crippen molar-refractivity contribution in [3.8, 4) is 0 Å². The van der Waals surface area contributed by atoms with Gasteiger partial charge < -0.3 is 0 Å². The second-order valence-electron chi connectivity index (χ2n) is 6.91. The summed E-state index contributed by atoms with van der Waals surface area (Å²) < 4.78 is 26.4. The summed E-state index contributed by atoms with van der Waals surface area (Å²) in [6.07, 6.45) is 8.55. The van der Waals surface area contributed by atoms with Gasteiger partial charge in [-0.15, -0.1) is 0 Å². The molecule has 180 valence electrons. The molecule has 0 spiro atoms. The minimum Gasteiger partial charge on any atom is -0.267 e. The summed E-state index contributed by atoms with van der Waals surface area (Å²) in [5, 5.41) is 7.39. The Bertz CT molecular complexity index is 1240. The van der Waals surface area contributed by atoms with E-state index in [1.165, 1.54) is 49.3 Å². The number of aromatic nitrogens is 2. The molecule has 0 saturated heterocycles. The Morgan fingerprint density at radius 2 is 0.972 bits per heavy atom. The van der Waals surface area contributed by atoms with Crippen molar-refractivity contribution in [1.29, 1.82) is 0 Å². The van der Waals surface area contributed by atoms with E-state index < -0.39 is 0 Å². The summed E-state index contributed by atoms with van der Waals surface area (Å²) in [6, 6.07) is 18.6. The molecule has 8 nitrogen and oxygen atoms in total. The van der Waals surface area contributed by atoms with Crippen molar-refractivity contribution in [3.63, 3.8) is 0 Å². The van der Waals surface area contributed by atoms with Crippen molar-refractivity contribution in [2.24, 2.45) is 10.2 Å². The first-order valence-electron chi connectivity index (χ1n) is 10.5. The maximum absolute atomic E-state index is 13.2. The molecule has 4 aromatic rings. The van der Waals surface area contributed by atoms with Gasteiger partial charge in [-0.2, -0.15) is 10.2 Å². The molecule has 4 rings (SSSR count). The van der Waals surface area contributed by atoms with Crippen LogP contribution in [-0.2, 0) is 0 Å². The first-order valence-corrected chi connectivity index (χ1v) is 10.5. The Balaban J connectivity index is 0.000000201. The highest BCUT2D eigenvalue weighted by molar-refractivity contribution is 5.95. The zero-order valence-electron chi connectivity index (χ0n) is 18.8. The number of carbonyl (C=O) groups excluding carboxylic acids is 2. The molecule has 0 aliphatic carbocycles. The zero-order valence-corrected chi connectivity index (χ0v) is 18.8. The number of hydrogen-bond donors (Lipinski definition) is 2. The average Bonchev–Trinajstić information content (AvgIpc) is 2.92. The molecule has 0 saturated carbocycles. The van der Waals surface area contributed by atoms with Gasteiger partial charge in [-0.1, -0.05) is 36.4 Å². The van der Waals surface area contributed by atoms with Crippen LogP contribution in [0.4, 0.5) is 8.78 Å². The van der Waals surface area contributed by atoms with Crippen molar-refractivity contribution >= 4 is 24.2 Å². The third-order valence-corrected chi connectivity index (χ3v) is 4.43. The quantitative estimate of drug-likeness (QED) is 0.318. The number of amides is 2. The summed E-state index contributed by atoms with van der Waals surface area (Å²) in [5.41, 5.74) is 6.13. The monoisotopic (exact) mass is 486 g/mol. The van der Waals surface area contributed by atoms with Gasteiger partial charge in [-0.05, 0) is 36.4 Å². The van der Waals surface area contributed by atoms with Crippen molar-refractivity contribution < 1.29 is 18.4 Å². The van der Waals surface area contributed by atoms with Gasteiger partial charge in [0.1, 0.15) is 11.6 Å². The van der Waals surface area contributed by atoms with Gasteiger partial charge in [0.25, 0.3) is 11.8 Å². The van der Waals surface area contributed by atoms with Crippen molar-refractivity contribution in [2.45, 2.75) is 0 Å². The van der Waals surface area contributed by atoms with E-state index in [9.17, 15) is 18.4 Å². The standard InChI is InChI=1S/2C13H10FN3O/c2*14-12-4-2-1-3-11(12)9-16-17-13(18)10-5-7-15-8-6-10/h2*1-9H,(H,17,18)/b2*16-9+. The Kier molecular flexibility index (Phi) is 9.60. The van der Waals surface area contributed by atoms with Gasteiger partial charge in [-0.3, -0.25) is 19.6 Å². The third kappa shape index (κ3) is 8.03. The molecular weight excluding hydrogens is 466 g/mol. The highest BCUT2D eigenvalue weighted by Crippen LogP contribution is 2.04. The molecule has 2 N–H and O–H groups in total. The molecule has 2 aromatic heterocycles. The summed E-state index contributed by atoms with van der Waals surface area (Å²) in [5.74, 6) is -1.52. The van der Waals surface area contributed by atoms with Crippen LogP contribution in [0.3, 0.4) is 0 Å². The summed E-state index contributed by atoms with van der Waals surface area (Å²) >= 11 is 0. The highest BCUT2D eigenvalue weighted by Gasteiger charge is 2.03. The molecule has 0 aliphatic heterocycles. The highest BCUT2D eigenvalue weighted by atomic mass is 19.1. The van der Waals surface area contributed by atoms with E-state index in [1.807, 2.05) is 0 Å². The zero-order chi connectivity index (χ0) is 25.6. The molecular formula is C26H20F2N6O2. The molecule has 2 aromatic carbocycles. The van der Waals surface area contributed by atoms with E-state index >= 15 is 0 Å². The summed E-state index contributed by atoms with van der Waals surface area (Å²) in [6.45, 7) is 0. The van der Waals surface area contributed by atoms with Gasteiger partial charge >= 0.3 is 0 Å². The Hall–Kier alpha value is -5.12. The lowest BCUT2D eigenvalue weighted by Crippen LogP contribution is -2.17. The minimum atomic E-state index is -0.389. The van der Waals surface area contributed by atoms with Crippen LogP contribution < -0.4 is 10.9 Å². The fourth-order valence-electron chi connectivity index (χ4n) is 2.62. The molecule has 0 radical (unpaired) electrons. The predicted molar refractivity (Wildman–Crippen MR) is 131 cm³/mol. The minimum absolute atomic E-state index is 0.313. The number of carbonyl (C=O) groups is 2. The number of nitrogens with one attached hydrogen (secondary N) is 2. The average molecular weight is 486 g/mol. The molecule has 2 amide bonds. The smallest absolute Gasteiger partial charge is 0.267 e. The van der Waals surface area contributed by atoms with Crippen LogP contribution in [0, 0.1) is 11.6 Å². The maximum atomic E-state index is 13.2. The fourth-order valence-corrected chi connectivity index (χ4v) is 2.62.